The number of rotatable bonds is 3. The molecule has 2 aromatic heterocycles. The quantitative estimate of drug-likeness (QED) is 0.884. The van der Waals surface area contributed by atoms with E-state index in [1.165, 1.54) is 42.6 Å². The molecule has 0 aliphatic heterocycles. The third-order valence-electron chi connectivity index (χ3n) is 7.66. The first-order valence-electron chi connectivity index (χ1n) is 9.63. The van der Waals surface area contributed by atoms with E-state index in [0.29, 0.717) is 12.0 Å². The van der Waals surface area contributed by atoms with Crippen molar-refractivity contribution in [3.05, 3.63) is 35.8 Å². The molecule has 4 nitrogen and oxygen atoms in total. The monoisotopic (exact) mass is 375 g/mol. The summed E-state index contributed by atoms with van der Waals surface area (Å²) in [6.07, 6.45) is 2.73. The van der Waals surface area contributed by atoms with Crippen LogP contribution in [0.15, 0.2) is 24.4 Å². The van der Waals surface area contributed by atoms with Crippen molar-refractivity contribution in [1.82, 2.24) is 14.7 Å². The van der Waals surface area contributed by atoms with Gasteiger partial charge in [-0.25, -0.2) is 4.98 Å². The minimum atomic E-state index is -4.53. The molecule has 142 valence electrons. The lowest BCUT2D eigenvalue weighted by atomic mass is 9.71. The van der Waals surface area contributed by atoms with E-state index in [9.17, 15) is 18.0 Å². The summed E-state index contributed by atoms with van der Waals surface area (Å²) in [5.41, 5.74) is 0.138. The fraction of sp³-hybridized carbons (Fsp3) is 0.600. The van der Waals surface area contributed by atoms with Gasteiger partial charge < -0.3 is 5.32 Å². The Balaban J connectivity index is 1.24. The smallest absolute Gasteiger partial charge is 0.350 e. The third-order valence-corrected chi connectivity index (χ3v) is 7.66. The molecule has 27 heavy (non-hydrogen) atoms. The van der Waals surface area contributed by atoms with E-state index < -0.39 is 11.9 Å². The lowest BCUT2D eigenvalue weighted by molar-refractivity contribution is -0.140. The molecule has 5 unspecified atom stereocenters. The number of hydrogen-bond acceptors (Lipinski definition) is 2. The second kappa shape index (κ2) is 4.67. The number of carbonyl (C=O) groups excluding carboxylic acids is 1. The highest BCUT2D eigenvalue weighted by Gasteiger charge is 2.76. The number of pyridine rings is 1. The molecule has 7 heteroatoms. The zero-order chi connectivity index (χ0) is 18.6. The highest BCUT2D eigenvalue weighted by molar-refractivity contribution is 5.93. The zero-order valence-electron chi connectivity index (χ0n) is 14.7. The Labute approximate surface area is 154 Å². The largest absolute Gasteiger partial charge is 0.434 e. The first-order chi connectivity index (χ1) is 12.8. The van der Waals surface area contributed by atoms with Crippen LogP contribution in [-0.2, 0) is 6.18 Å². The van der Waals surface area contributed by atoms with Gasteiger partial charge in [-0.3, -0.25) is 9.20 Å². The summed E-state index contributed by atoms with van der Waals surface area (Å²) in [6, 6.07) is 4.60. The van der Waals surface area contributed by atoms with Gasteiger partial charge in [0.1, 0.15) is 11.3 Å². The number of amides is 1. The van der Waals surface area contributed by atoms with Gasteiger partial charge >= 0.3 is 6.18 Å². The van der Waals surface area contributed by atoms with Crippen LogP contribution < -0.4 is 5.32 Å². The van der Waals surface area contributed by atoms with E-state index in [0.717, 1.165) is 24.0 Å². The summed E-state index contributed by atoms with van der Waals surface area (Å²) >= 11 is 0. The highest BCUT2D eigenvalue weighted by Crippen LogP contribution is 2.83. The van der Waals surface area contributed by atoms with Gasteiger partial charge in [-0.05, 0) is 72.8 Å². The van der Waals surface area contributed by atoms with Crippen molar-refractivity contribution in [2.75, 3.05) is 6.54 Å². The van der Waals surface area contributed by atoms with Crippen LogP contribution in [0.3, 0.4) is 0 Å². The Morgan fingerprint density at radius 2 is 2.15 bits per heavy atom. The molecule has 1 amide bonds. The molecule has 0 saturated heterocycles. The second-order valence-corrected chi connectivity index (χ2v) is 9.27. The predicted octanol–water partition coefficient (Wildman–Crippen LogP) is 3.91. The molecular formula is C20H20F3N3O. The van der Waals surface area contributed by atoms with Crippen LogP contribution in [0.1, 0.15) is 48.3 Å². The van der Waals surface area contributed by atoms with E-state index in [1.807, 2.05) is 0 Å². The van der Waals surface area contributed by atoms with Gasteiger partial charge in [0, 0.05) is 12.7 Å². The van der Waals surface area contributed by atoms with Crippen molar-refractivity contribution in [1.29, 1.82) is 0 Å². The fourth-order valence-corrected chi connectivity index (χ4v) is 6.56. The summed E-state index contributed by atoms with van der Waals surface area (Å²) in [4.78, 5) is 16.4. The maximum Gasteiger partial charge on any atom is 0.434 e. The first kappa shape index (κ1) is 16.0. The van der Waals surface area contributed by atoms with Crippen LogP contribution in [0.25, 0.3) is 5.65 Å². The fourth-order valence-electron chi connectivity index (χ4n) is 6.56. The Morgan fingerprint density at radius 3 is 2.96 bits per heavy atom. The van der Waals surface area contributed by atoms with E-state index in [4.69, 9.17) is 0 Å². The van der Waals surface area contributed by atoms with Crippen molar-refractivity contribution < 1.29 is 18.0 Å². The number of hydrogen-bond donors (Lipinski definition) is 1. The predicted molar refractivity (Wildman–Crippen MR) is 90.9 cm³/mol. The molecule has 0 radical (unpaired) electrons. The molecule has 2 heterocycles. The normalized spacial score (nSPS) is 38.4. The van der Waals surface area contributed by atoms with Crippen LogP contribution in [-0.4, -0.2) is 21.8 Å². The highest BCUT2D eigenvalue weighted by atomic mass is 19.4. The molecular weight excluding hydrogens is 355 g/mol. The van der Waals surface area contributed by atoms with Gasteiger partial charge in [-0.1, -0.05) is 6.07 Å². The SMILES string of the molecule is O=C(NCC12CC3CC3C3(CC3C1)C2)c1cccc2nc(C(F)(F)F)cn12. The van der Waals surface area contributed by atoms with Gasteiger partial charge in [-0.15, -0.1) is 0 Å². The van der Waals surface area contributed by atoms with Gasteiger partial charge in [0.25, 0.3) is 5.91 Å². The number of alkyl halides is 3. The molecule has 2 aromatic rings. The van der Waals surface area contributed by atoms with Crippen LogP contribution in [0.4, 0.5) is 13.2 Å². The number of fused-ring (bicyclic) bond motifs is 3. The Hall–Kier alpha value is -2.05. The molecule has 4 aliphatic rings. The molecule has 5 atom stereocenters. The van der Waals surface area contributed by atoms with Crippen molar-refractivity contribution in [3.8, 4) is 0 Å². The van der Waals surface area contributed by atoms with Gasteiger partial charge in [-0.2, -0.15) is 13.2 Å². The Bertz CT molecular complexity index is 978. The molecule has 4 aliphatic carbocycles. The van der Waals surface area contributed by atoms with Gasteiger partial charge in [0.05, 0.1) is 0 Å². The molecule has 6 rings (SSSR count). The standard InChI is InChI=1S/C20H20F3N3O/c21-20(22,23)15-8-26-14(2-1-3-16(26)25-15)17(27)24-10-18-5-11-4-13(11)19(9-18)7-12(19)6-18/h1-3,8,11-13H,4-7,9-10H2,(H,24,27). The van der Waals surface area contributed by atoms with Crippen molar-refractivity contribution in [2.45, 2.75) is 38.3 Å². The summed E-state index contributed by atoms with van der Waals surface area (Å²) in [5, 5.41) is 3.04. The van der Waals surface area contributed by atoms with E-state index in [-0.39, 0.29) is 22.7 Å². The maximum absolute atomic E-state index is 13.0. The number of imidazole rings is 1. The minimum Gasteiger partial charge on any atom is -0.350 e. The number of nitrogens with one attached hydrogen (secondary N) is 1. The maximum atomic E-state index is 13.0. The lowest BCUT2D eigenvalue weighted by Crippen LogP contribution is -2.40. The van der Waals surface area contributed by atoms with Crippen LogP contribution in [0.5, 0.6) is 0 Å². The van der Waals surface area contributed by atoms with Crippen molar-refractivity contribution >= 4 is 11.6 Å². The van der Waals surface area contributed by atoms with E-state index in [2.05, 4.69) is 10.3 Å². The van der Waals surface area contributed by atoms with Crippen LogP contribution in [0.2, 0.25) is 0 Å². The topological polar surface area (TPSA) is 46.4 Å². The molecule has 1 N–H and O–H groups in total. The summed E-state index contributed by atoms with van der Waals surface area (Å²) in [5.74, 6) is 2.30. The van der Waals surface area contributed by atoms with E-state index in [1.54, 1.807) is 12.1 Å². The van der Waals surface area contributed by atoms with Crippen molar-refractivity contribution in [3.63, 3.8) is 0 Å². The molecule has 4 fully saturated rings. The first-order valence-corrected chi connectivity index (χ1v) is 9.63. The summed E-state index contributed by atoms with van der Waals surface area (Å²) in [7, 11) is 0. The molecule has 2 bridgehead atoms. The van der Waals surface area contributed by atoms with E-state index >= 15 is 0 Å². The number of nitrogens with zero attached hydrogens (tertiary/aromatic N) is 2. The van der Waals surface area contributed by atoms with Crippen LogP contribution >= 0.6 is 0 Å². The second-order valence-electron chi connectivity index (χ2n) is 9.27. The van der Waals surface area contributed by atoms with Crippen molar-refractivity contribution in [2.24, 2.45) is 28.6 Å². The average Bonchev–Trinajstić information content (AvgIpc) is 3.43. The zero-order valence-corrected chi connectivity index (χ0v) is 14.7. The summed E-state index contributed by atoms with van der Waals surface area (Å²) in [6.45, 7) is 0.629. The minimum absolute atomic E-state index is 0.132. The number of halogens is 3. The third kappa shape index (κ3) is 2.17. The summed E-state index contributed by atoms with van der Waals surface area (Å²) < 4.78 is 40.1. The molecule has 4 saturated carbocycles. The van der Waals surface area contributed by atoms with Gasteiger partial charge in [0.2, 0.25) is 0 Å². The molecule has 0 aromatic carbocycles. The Kier molecular flexibility index (Phi) is 2.76. The number of aromatic nitrogens is 2. The van der Waals surface area contributed by atoms with Gasteiger partial charge in [0.15, 0.2) is 5.69 Å². The number of carbonyl (C=O) groups is 1. The molecule has 1 spiro atoms. The lowest BCUT2D eigenvalue weighted by Gasteiger charge is -2.36. The average molecular weight is 375 g/mol. The van der Waals surface area contributed by atoms with Crippen LogP contribution in [0, 0.1) is 28.6 Å². The Morgan fingerprint density at radius 1 is 1.30 bits per heavy atom.